The first-order chi connectivity index (χ1) is 13.1. The largest absolute Gasteiger partial charge is 0.494 e. The molecule has 1 amide bonds. The summed E-state index contributed by atoms with van der Waals surface area (Å²) in [5.41, 5.74) is 1.87. The topological polar surface area (TPSA) is 102 Å². The van der Waals surface area contributed by atoms with Crippen molar-refractivity contribution in [3.8, 4) is 11.4 Å². The summed E-state index contributed by atoms with van der Waals surface area (Å²) < 4.78 is 6.95. The number of ether oxygens (including phenoxy) is 1. The van der Waals surface area contributed by atoms with Crippen LogP contribution in [0, 0.1) is 0 Å². The Morgan fingerprint density at radius 3 is 2.93 bits per heavy atom. The third-order valence-corrected chi connectivity index (χ3v) is 4.77. The lowest BCUT2D eigenvalue weighted by Crippen LogP contribution is -2.43. The number of para-hydroxylation sites is 2. The highest BCUT2D eigenvalue weighted by molar-refractivity contribution is 5.94. The molecule has 0 bridgehead atoms. The standard InChI is InChI=1S/C19H19N5O3/c1-27-17-5-3-2-4-16(17)24-10-13(9-22-24)19(26)23-14-6-12(7-14)15-8-18(25)21-11-20-15/h2-5,8-12,14H,6-7H2,1H3,(H,23,26)(H,20,21,25). The number of hydrogen-bond acceptors (Lipinski definition) is 5. The van der Waals surface area contributed by atoms with Crippen LogP contribution in [0.3, 0.4) is 0 Å². The Hall–Kier alpha value is -3.42. The number of nitrogens with one attached hydrogen (secondary N) is 2. The van der Waals surface area contributed by atoms with Crippen LogP contribution in [0.25, 0.3) is 5.69 Å². The van der Waals surface area contributed by atoms with Crippen molar-refractivity contribution < 1.29 is 9.53 Å². The summed E-state index contributed by atoms with van der Waals surface area (Å²) in [6.07, 6.45) is 6.17. The van der Waals surface area contributed by atoms with Crippen molar-refractivity contribution in [2.24, 2.45) is 0 Å². The average molecular weight is 365 g/mol. The summed E-state index contributed by atoms with van der Waals surface area (Å²) in [6.45, 7) is 0. The number of carbonyl (C=O) groups is 1. The number of H-pyrrole nitrogens is 1. The van der Waals surface area contributed by atoms with Crippen LogP contribution in [0.2, 0.25) is 0 Å². The SMILES string of the molecule is COc1ccccc1-n1cc(C(=O)NC2CC(c3cc(=O)[nH]cn3)C2)cn1. The van der Waals surface area contributed by atoms with Gasteiger partial charge < -0.3 is 15.0 Å². The van der Waals surface area contributed by atoms with Crippen molar-refractivity contribution in [1.29, 1.82) is 0 Å². The maximum Gasteiger partial charge on any atom is 0.254 e. The number of aromatic nitrogens is 4. The van der Waals surface area contributed by atoms with E-state index < -0.39 is 0 Å². The second kappa shape index (κ2) is 7.06. The fourth-order valence-corrected chi connectivity index (χ4v) is 3.24. The molecule has 138 valence electrons. The first kappa shape index (κ1) is 17.0. The summed E-state index contributed by atoms with van der Waals surface area (Å²) in [7, 11) is 1.60. The van der Waals surface area contributed by atoms with Gasteiger partial charge in [0.1, 0.15) is 11.4 Å². The first-order valence-electron chi connectivity index (χ1n) is 8.67. The summed E-state index contributed by atoms with van der Waals surface area (Å²) in [5, 5.41) is 7.27. The van der Waals surface area contributed by atoms with Gasteiger partial charge in [-0.15, -0.1) is 0 Å². The molecule has 0 saturated heterocycles. The molecule has 2 heterocycles. The molecular formula is C19H19N5O3. The average Bonchev–Trinajstić information content (AvgIpc) is 3.14. The van der Waals surface area contributed by atoms with Gasteiger partial charge in [-0.2, -0.15) is 5.10 Å². The van der Waals surface area contributed by atoms with E-state index in [1.807, 2.05) is 24.3 Å². The molecule has 0 aliphatic heterocycles. The summed E-state index contributed by atoms with van der Waals surface area (Å²) in [5.74, 6) is 0.715. The van der Waals surface area contributed by atoms with Gasteiger partial charge >= 0.3 is 0 Å². The van der Waals surface area contributed by atoms with Crippen molar-refractivity contribution in [2.45, 2.75) is 24.8 Å². The fourth-order valence-electron chi connectivity index (χ4n) is 3.24. The van der Waals surface area contributed by atoms with Crippen molar-refractivity contribution in [3.05, 3.63) is 70.7 Å². The number of amides is 1. The first-order valence-corrected chi connectivity index (χ1v) is 8.67. The maximum atomic E-state index is 12.5. The van der Waals surface area contributed by atoms with Crippen molar-refractivity contribution in [2.75, 3.05) is 7.11 Å². The van der Waals surface area contributed by atoms with Gasteiger partial charge in [0.15, 0.2) is 0 Å². The Labute approximate surface area is 155 Å². The zero-order chi connectivity index (χ0) is 18.8. The predicted octanol–water partition coefficient (Wildman–Crippen LogP) is 1.64. The van der Waals surface area contributed by atoms with Crippen LogP contribution in [0.4, 0.5) is 0 Å². The van der Waals surface area contributed by atoms with Gasteiger partial charge in [-0.1, -0.05) is 12.1 Å². The smallest absolute Gasteiger partial charge is 0.254 e. The van der Waals surface area contributed by atoms with E-state index in [0.29, 0.717) is 11.3 Å². The van der Waals surface area contributed by atoms with Gasteiger partial charge in [0.05, 0.1) is 30.9 Å². The molecule has 0 unspecified atom stereocenters. The Bertz CT molecular complexity index is 1020. The van der Waals surface area contributed by atoms with E-state index in [1.54, 1.807) is 18.0 Å². The van der Waals surface area contributed by atoms with E-state index >= 15 is 0 Å². The molecule has 1 aromatic carbocycles. The molecule has 1 aliphatic rings. The summed E-state index contributed by atoms with van der Waals surface area (Å²) in [4.78, 5) is 30.5. The number of carbonyl (C=O) groups excluding carboxylic acids is 1. The molecule has 8 nitrogen and oxygen atoms in total. The lowest BCUT2D eigenvalue weighted by atomic mass is 9.78. The predicted molar refractivity (Wildman–Crippen MR) is 98.2 cm³/mol. The van der Waals surface area contributed by atoms with E-state index in [2.05, 4.69) is 20.4 Å². The molecule has 2 aromatic heterocycles. The van der Waals surface area contributed by atoms with E-state index in [0.717, 1.165) is 24.2 Å². The third kappa shape index (κ3) is 3.46. The highest BCUT2D eigenvalue weighted by Gasteiger charge is 2.32. The zero-order valence-electron chi connectivity index (χ0n) is 14.8. The van der Waals surface area contributed by atoms with Gasteiger partial charge in [-0.05, 0) is 25.0 Å². The molecule has 1 fully saturated rings. The number of benzene rings is 1. The second-order valence-electron chi connectivity index (χ2n) is 6.52. The zero-order valence-corrected chi connectivity index (χ0v) is 14.8. The maximum absolute atomic E-state index is 12.5. The minimum atomic E-state index is -0.168. The van der Waals surface area contributed by atoms with Crippen LogP contribution in [0.5, 0.6) is 5.75 Å². The van der Waals surface area contributed by atoms with Crippen LogP contribution >= 0.6 is 0 Å². The molecule has 0 atom stereocenters. The molecule has 3 aromatic rings. The minimum Gasteiger partial charge on any atom is -0.494 e. The number of aromatic amines is 1. The Morgan fingerprint density at radius 1 is 1.33 bits per heavy atom. The van der Waals surface area contributed by atoms with Crippen molar-refractivity contribution in [1.82, 2.24) is 25.1 Å². The molecule has 1 aliphatic carbocycles. The van der Waals surface area contributed by atoms with Gasteiger partial charge in [-0.3, -0.25) is 9.59 Å². The lowest BCUT2D eigenvalue weighted by molar-refractivity contribution is 0.0908. The van der Waals surface area contributed by atoms with Crippen molar-refractivity contribution in [3.63, 3.8) is 0 Å². The quantitative estimate of drug-likeness (QED) is 0.716. The Balaban J connectivity index is 1.39. The monoisotopic (exact) mass is 365 g/mol. The van der Waals surface area contributed by atoms with Crippen molar-refractivity contribution >= 4 is 5.91 Å². The van der Waals surface area contributed by atoms with Crippen LogP contribution < -0.4 is 15.6 Å². The number of rotatable bonds is 5. The van der Waals surface area contributed by atoms with Gasteiger partial charge in [0.25, 0.3) is 11.5 Å². The summed E-state index contributed by atoms with van der Waals surface area (Å²) >= 11 is 0. The molecule has 1 saturated carbocycles. The van der Waals surface area contributed by atoms with Crippen LogP contribution in [0.15, 0.2) is 53.8 Å². The van der Waals surface area contributed by atoms with Gasteiger partial charge in [0, 0.05) is 24.2 Å². The van der Waals surface area contributed by atoms with E-state index in [4.69, 9.17) is 4.74 Å². The van der Waals surface area contributed by atoms with E-state index in [-0.39, 0.29) is 23.4 Å². The van der Waals surface area contributed by atoms with Crippen LogP contribution in [-0.4, -0.2) is 38.8 Å². The van der Waals surface area contributed by atoms with E-state index in [9.17, 15) is 9.59 Å². The third-order valence-electron chi connectivity index (χ3n) is 4.77. The Kier molecular flexibility index (Phi) is 4.45. The molecule has 0 radical (unpaired) electrons. The molecule has 4 rings (SSSR count). The minimum absolute atomic E-state index is 0.0678. The number of methoxy groups -OCH3 is 1. The molecular weight excluding hydrogens is 346 g/mol. The van der Waals surface area contributed by atoms with E-state index in [1.165, 1.54) is 18.6 Å². The number of hydrogen-bond donors (Lipinski definition) is 2. The highest BCUT2D eigenvalue weighted by atomic mass is 16.5. The normalized spacial score (nSPS) is 18.6. The number of nitrogens with zero attached hydrogens (tertiary/aromatic N) is 3. The molecule has 27 heavy (non-hydrogen) atoms. The lowest BCUT2D eigenvalue weighted by Gasteiger charge is -2.35. The second-order valence-corrected chi connectivity index (χ2v) is 6.52. The van der Waals surface area contributed by atoms with Crippen LogP contribution in [-0.2, 0) is 0 Å². The molecule has 0 spiro atoms. The van der Waals surface area contributed by atoms with Crippen LogP contribution in [0.1, 0.15) is 34.8 Å². The molecule has 8 heteroatoms. The summed E-state index contributed by atoms with van der Waals surface area (Å²) in [6, 6.07) is 9.06. The fraction of sp³-hybridized carbons (Fsp3) is 0.263. The highest BCUT2D eigenvalue weighted by Crippen LogP contribution is 2.35. The Morgan fingerprint density at radius 2 is 2.15 bits per heavy atom. The molecule has 2 N–H and O–H groups in total. The van der Waals surface area contributed by atoms with Gasteiger partial charge in [0.2, 0.25) is 0 Å². The van der Waals surface area contributed by atoms with Gasteiger partial charge in [-0.25, -0.2) is 9.67 Å².